The zero-order valence-corrected chi connectivity index (χ0v) is 16.2. The summed E-state index contributed by atoms with van der Waals surface area (Å²) in [4.78, 5) is 9.25. The number of likely N-dealkylation sites (N-methyl/N-ethyl adjacent to an activating group) is 1. The minimum atomic E-state index is 0.431. The summed E-state index contributed by atoms with van der Waals surface area (Å²) in [7, 11) is 4.01. The Kier molecular flexibility index (Phi) is 8.77. The summed E-state index contributed by atoms with van der Waals surface area (Å²) in [6.07, 6.45) is 4.08. The third-order valence-corrected chi connectivity index (χ3v) is 4.98. The lowest BCUT2D eigenvalue weighted by Crippen LogP contribution is -2.46. The van der Waals surface area contributed by atoms with Gasteiger partial charge in [-0.15, -0.1) is 0 Å². The Balaban J connectivity index is 1.65. The molecule has 1 atom stereocenters. The number of nitrogens with one attached hydrogen (secondary N) is 2. The molecular formula is C20H35N5. The normalized spacial score (nSPS) is 17.5. The van der Waals surface area contributed by atoms with Crippen LogP contribution in [-0.2, 0) is 6.54 Å². The molecule has 5 heteroatoms. The van der Waals surface area contributed by atoms with Gasteiger partial charge in [-0.2, -0.15) is 0 Å². The highest BCUT2D eigenvalue weighted by molar-refractivity contribution is 5.79. The van der Waals surface area contributed by atoms with Gasteiger partial charge in [0.15, 0.2) is 5.96 Å². The van der Waals surface area contributed by atoms with E-state index in [2.05, 4.69) is 69.7 Å². The molecule has 0 spiro atoms. The maximum absolute atomic E-state index is 4.34. The fourth-order valence-electron chi connectivity index (χ4n) is 3.16. The van der Waals surface area contributed by atoms with Gasteiger partial charge in [0, 0.05) is 39.3 Å². The molecule has 1 aliphatic heterocycles. The van der Waals surface area contributed by atoms with Crippen LogP contribution in [0.2, 0.25) is 0 Å². The van der Waals surface area contributed by atoms with Crippen molar-refractivity contribution in [3.63, 3.8) is 0 Å². The first kappa shape index (κ1) is 19.7. The van der Waals surface area contributed by atoms with Crippen LogP contribution in [0.4, 0.5) is 0 Å². The van der Waals surface area contributed by atoms with Crippen molar-refractivity contribution >= 4 is 5.96 Å². The summed E-state index contributed by atoms with van der Waals surface area (Å²) in [5.74, 6) is 0.900. The van der Waals surface area contributed by atoms with E-state index in [9.17, 15) is 0 Å². The lowest BCUT2D eigenvalue weighted by molar-refractivity contribution is 0.232. The summed E-state index contributed by atoms with van der Waals surface area (Å²) in [6, 6.07) is 11.0. The Bertz CT molecular complexity index is 496. The van der Waals surface area contributed by atoms with Crippen molar-refractivity contribution in [2.24, 2.45) is 4.99 Å². The molecule has 0 saturated carbocycles. The number of hydrogen-bond donors (Lipinski definition) is 2. The molecule has 0 radical (unpaired) electrons. The second kappa shape index (κ2) is 11.1. The second-order valence-corrected chi connectivity index (χ2v) is 7.03. The largest absolute Gasteiger partial charge is 0.355 e. The maximum Gasteiger partial charge on any atom is 0.191 e. The van der Waals surface area contributed by atoms with E-state index in [0.29, 0.717) is 6.04 Å². The smallest absolute Gasteiger partial charge is 0.191 e. The molecule has 0 bridgehead atoms. The van der Waals surface area contributed by atoms with Gasteiger partial charge in [-0.1, -0.05) is 36.8 Å². The van der Waals surface area contributed by atoms with E-state index in [1.807, 2.05) is 7.05 Å². The Morgan fingerprint density at radius 1 is 1.16 bits per heavy atom. The van der Waals surface area contributed by atoms with Crippen LogP contribution in [0.5, 0.6) is 0 Å². The van der Waals surface area contributed by atoms with Crippen LogP contribution < -0.4 is 10.6 Å². The van der Waals surface area contributed by atoms with Gasteiger partial charge in [0.25, 0.3) is 0 Å². The van der Waals surface area contributed by atoms with Crippen molar-refractivity contribution < 1.29 is 0 Å². The molecule has 1 aromatic rings. The minimum absolute atomic E-state index is 0.431. The van der Waals surface area contributed by atoms with Gasteiger partial charge < -0.3 is 15.5 Å². The number of nitrogens with zero attached hydrogens (tertiary/aromatic N) is 3. The van der Waals surface area contributed by atoms with Crippen molar-refractivity contribution in [3.05, 3.63) is 35.9 Å². The number of rotatable bonds is 8. The average Bonchev–Trinajstić information content (AvgIpc) is 2.65. The van der Waals surface area contributed by atoms with E-state index in [1.165, 1.54) is 37.9 Å². The number of hydrogen-bond acceptors (Lipinski definition) is 3. The highest BCUT2D eigenvalue weighted by atomic mass is 15.2. The summed E-state index contributed by atoms with van der Waals surface area (Å²) < 4.78 is 0. The first-order valence-electron chi connectivity index (χ1n) is 9.60. The third-order valence-electron chi connectivity index (χ3n) is 4.98. The van der Waals surface area contributed by atoms with E-state index in [0.717, 1.165) is 32.1 Å². The lowest BCUT2D eigenvalue weighted by atomic mass is 10.1. The fourth-order valence-corrected chi connectivity index (χ4v) is 3.16. The molecule has 2 N–H and O–H groups in total. The summed E-state index contributed by atoms with van der Waals surface area (Å²) in [6.45, 7) is 8.64. The Morgan fingerprint density at radius 2 is 1.88 bits per heavy atom. The van der Waals surface area contributed by atoms with Crippen LogP contribution in [0.15, 0.2) is 35.3 Å². The quantitative estimate of drug-likeness (QED) is 0.560. The number of benzene rings is 1. The average molecular weight is 346 g/mol. The number of piperidine rings is 1. The second-order valence-electron chi connectivity index (χ2n) is 7.03. The molecular weight excluding hydrogens is 310 g/mol. The lowest BCUT2D eigenvalue weighted by Gasteiger charge is -2.27. The van der Waals surface area contributed by atoms with Crippen molar-refractivity contribution in [2.75, 3.05) is 46.8 Å². The first-order chi connectivity index (χ1) is 12.2. The molecule has 1 saturated heterocycles. The van der Waals surface area contributed by atoms with Gasteiger partial charge in [0.1, 0.15) is 0 Å². The number of aliphatic imine (C=N–C) groups is 1. The highest BCUT2D eigenvalue weighted by Crippen LogP contribution is 2.07. The van der Waals surface area contributed by atoms with E-state index in [-0.39, 0.29) is 0 Å². The van der Waals surface area contributed by atoms with Crippen LogP contribution in [0, 0.1) is 0 Å². The van der Waals surface area contributed by atoms with E-state index >= 15 is 0 Å². The number of guanidine groups is 1. The Hall–Kier alpha value is -1.59. The summed E-state index contributed by atoms with van der Waals surface area (Å²) in [5.41, 5.74) is 1.35. The molecule has 5 nitrogen and oxygen atoms in total. The zero-order valence-electron chi connectivity index (χ0n) is 16.2. The van der Waals surface area contributed by atoms with Gasteiger partial charge in [0.2, 0.25) is 0 Å². The molecule has 140 valence electrons. The van der Waals surface area contributed by atoms with Gasteiger partial charge in [-0.3, -0.25) is 9.89 Å². The monoisotopic (exact) mass is 345 g/mol. The number of likely N-dealkylation sites (tertiary alicyclic amines) is 1. The molecule has 0 aliphatic carbocycles. The van der Waals surface area contributed by atoms with E-state index in [4.69, 9.17) is 0 Å². The predicted octanol–water partition coefficient (Wildman–Crippen LogP) is 2.16. The zero-order chi connectivity index (χ0) is 17.9. The highest BCUT2D eigenvalue weighted by Gasteiger charge is 2.11. The van der Waals surface area contributed by atoms with Crippen LogP contribution in [0.25, 0.3) is 0 Å². The van der Waals surface area contributed by atoms with Crippen LogP contribution in [-0.4, -0.2) is 68.6 Å². The summed E-state index contributed by atoms with van der Waals surface area (Å²) in [5, 5.41) is 6.89. The van der Waals surface area contributed by atoms with E-state index in [1.54, 1.807) is 0 Å². The van der Waals surface area contributed by atoms with Crippen molar-refractivity contribution in [3.8, 4) is 0 Å². The standard InChI is InChI=1S/C20H35N5/c1-18(24(3)17-19-10-6-4-7-11-19)16-23-20(21-2)22-12-15-25-13-8-5-9-14-25/h4,6-7,10-11,18H,5,8-9,12-17H2,1-3H3,(H2,21,22,23). The van der Waals surface area contributed by atoms with Gasteiger partial charge in [-0.05, 0) is 45.5 Å². The first-order valence-corrected chi connectivity index (χ1v) is 9.60. The molecule has 0 amide bonds. The van der Waals surface area contributed by atoms with Crippen molar-refractivity contribution in [1.29, 1.82) is 0 Å². The maximum atomic E-state index is 4.34. The van der Waals surface area contributed by atoms with Crippen LogP contribution in [0.3, 0.4) is 0 Å². The topological polar surface area (TPSA) is 42.9 Å². The van der Waals surface area contributed by atoms with Crippen molar-refractivity contribution in [2.45, 2.75) is 38.8 Å². The molecule has 1 aliphatic rings. The molecule has 0 aromatic heterocycles. The van der Waals surface area contributed by atoms with Crippen LogP contribution in [0.1, 0.15) is 31.7 Å². The van der Waals surface area contributed by atoms with Gasteiger partial charge >= 0.3 is 0 Å². The van der Waals surface area contributed by atoms with Crippen LogP contribution >= 0.6 is 0 Å². The minimum Gasteiger partial charge on any atom is -0.355 e. The van der Waals surface area contributed by atoms with Gasteiger partial charge in [0.05, 0.1) is 0 Å². The fraction of sp³-hybridized carbons (Fsp3) is 0.650. The SMILES string of the molecule is CN=C(NCCN1CCCCC1)NCC(C)N(C)Cc1ccccc1. The molecule has 1 aromatic carbocycles. The molecule has 2 rings (SSSR count). The predicted molar refractivity (Wildman–Crippen MR) is 107 cm³/mol. The van der Waals surface area contributed by atoms with Crippen molar-refractivity contribution in [1.82, 2.24) is 20.4 Å². The molecule has 1 fully saturated rings. The Morgan fingerprint density at radius 3 is 2.56 bits per heavy atom. The molecule has 25 heavy (non-hydrogen) atoms. The van der Waals surface area contributed by atoms with E-state index < -0.39 is 0 Å². The third kappa shape index (κ3) is 7.45. The Labute approximate surface area is 153 Å². The summed E-state index contributed by atoms with van der Waals surface area (Å²) >= 11 is 0. The van der Waals surface area contributed by atoms with Gasteiger partial charge in [-0.25, -0.2) is 0 Å². The molecule has 1 unspecified atom stereocenters. The molecule has 1 heterocycles.